The summed E-state index contributed by atoms with van der Waals surface area (Å²) >= 11 is 3.45. The number of benzene rings is 1. The van der Waals surface area contributed by atoms with E-state index >= 15 is 0 Å². The van der Waals surface area contributed by atoms with E-state index in [4.69, 9.17) is 0 Å². The second kappa shape index (κ2) is 5.83. The predicted octanol–water partition coefficient (Wildman–Crippen LogP) is 4.14. The summed E-state index contributed by atoms with van der Waals surface area (Å²) in [6.07, 6.45) is 4.73. The summed E-state index contributed by atoms with van der Waals surface area (Å²) in [6.45, 7) is 3.92. The molecule has 0 radical (unpaired) electrons. The Bertz CT molecular complexity index is 540. The van der Waals surface area contributed by atoms with Gasteiger partial charge in [-0.3, -0.25) is 4.72 Å². The molecule has 0 saturated heterocycles. The predicted molar refractivity (Wildman–Crippen MR) is 83.0 cm³/mol. The van der Waals surface area contributed by atoms with Gasteiger partial charge in [0.25, 0.3) is 0 Å². The molecule has 1 fully saturated rings. The number of rotatable bonds is 3. The summed E-state index contributed by atoms with van der Waals surface area (Å²) in [5, 5.41) is -0.242. The van der Waals surface area contributed by atoms with Gasteiger partial charge < -0.3 is 0 Å². The van der Waals surface area contributed by atoms with Crippen molar-refractivity contribution in [3.8, 4) is 0 Å². The molecule has 0 aliphatic heterocycles. The van der Waals surface area contributed by atoms with Crippen LogP contribution in [0.2, 0.25) is 0 Å². The zero-order chi connectivity index (χ0) is 14.0. The van der Waals surface area contributed by atoms with Crippen molar-refractivity contribution >= 4 is 31.6 Å². The maximum absolute atomic E-state index is 12.4. The van der Waals surface area contributed by atoms with E-state index in [1.54, 1.807) is 0 Å². The Morgan fingerprint density at radius 3 is 2.37 bits per heavy atom. The fraction of sp³-hybridized carbons (Fsp3) is 0.571. The van der Waals surface area contributed by atoms with Gasteiger partial charge in [-0.1, -0.05) is 25.3 Å². The Kier molecular flexibility index (Phi) is 4.56. The molecule has 0 aromatic heterocycles. The zero-order valence-corrected chi connectivity index (χ0v) is 13.8. The lowest BCUT2D eigenvalue weighted by atomic mass is 10.0. The third kappa shape index (κ3) is 3.51. The van der Waals surface area contributed by atoms with Crippen molar-refractivity contribution in [3.05, 3.63) is 27.7 Å². The second-order valence-electron chi connectivity index (χ2n) is 5.35. The van der Waals surface area contributed by atoms with Crippen LogP contribution in [-0.2, 0) is 10.0 Å². The molecule has 2 rings (SSSR count). The molecule has 1 saturated carbocycles. The fourth-order valence-corrected chi connectivity index (χ4v) is 5.23. The lowest BCUT2D eigenvalue weighted by Gasteiger charge is -2.23. The molecule has 0 bridgehead atoms. The molecule has 5 heteroatoms. The van der Waals surface area contributed by atoms with Crippen LogP contribution in [0.3, 0.4) is 0 Å². The Labute approximate surface area is 124 Å². The van der Waals surface area contributed by atoms with Crippen molar-refractivity contribution in [1.29, 1.82) is 0 Å². The van der Waals surface area contributed by atoms with Crippen LogP contribution in [-0.4, -0.2) is 13.7 Å². The molecule has 1 aromatic carbocycles. The quantitative estimate of drug-likeness (QED) is 0.894. The van der Waals surface area contributed by atoms with Gasteiger partial charge in [-0.2, -0.15) is 0 Å². The monoisotopic (exact) mass is 345 g/mol. The summed E-state index contributed by atoms with van der Waals surface area (Å²) in [6, 6.07) is 3.93. The van der Waals surface area contributed by atoms with Gasteiger partial charge in [0.15, 0.2) is 0 Å². The molecule has 0 atom stereocenters. The largest absolute Gasteiger partial charge is 0.282 e. The second-order valence-corrected chi connectivity index (χ2v) is 8.16. The zero-order valence-electron chi connectivity index (χ0n) is 11.4. The van der Waals surface area contributed by atoms with Crippen LogP contribution >= 0.6 is 15.9 Å². The van der Waals surface area contributed by atoms with Gasteiger partial charge in [-0.25, -0.2) is 8.42 Å². The first kappa shape index (κ1) is 14.9. The molecule has 1 N–H and O–H groups in total. The molecular weight excluding hydrogens is 326 g/mol. The minimum Gasteiger partial charge on any atom is -0.282 e. The topological polar surface area (TPSA) is 46.2 Å². The number of halogens is 1. The first-order chi connectivity index (χ1) is 8.90. The SMILES string of the molecule is Cc1cc(C)c(NS(=O)(=O)C2CCCCC2)c(Br)c1. The van der Waals surface area contributed by atoms with Gasteiger partial charge in [-0.15, -0.1) is 0 Å². The van der Waals surface area contributed by atoms with E-state index in [1.807, 2.05) is 26.0 Å². The average molecular weight is 346 g/mol. The van der Waals surface area contributed by atoms with Crippen LogP contribution in [0.15, 0.2) is 16.6 Å². The number of aryl methyl sites for hydroxylation is 2. The average Bonchev–Trinajstić information content (AvgIpc) is 2.35. The lowest BCUT2D eigenvalue weighted by Crippen LogP contribution is -2.30. The molecule has 1 aliphatic rings. The molecule has 106 valence electrons. The van der Waals surface area contributed by atoms with Crippen molar-refractivity contribution in [3.63, 3.8) is 0 Å². The van der Waals surface area contributed by atoms with E-state index in [1.165, 1.54) is 0 Å². The summed E-state index contributed by atoms with van der Waals surface area (Å²) in [7, 11) is -3.27. The van der Waals surface area contributed by atoms with E-state index in [0.717, 1.165) is 47.7 Å². The summed E-state index contributed by atoms with van der Waals surface area (Å²) in [5.74, 6) is 0. The number of nitrogens with one attached hydrogen (secondary N) is 1. The van der Waals surface area contributed by atoms with Crippen molar-refractivity contribution in [1.82, 2.24) is 0 Å². The minimum absolute atomic E-state index is 0.242. The highest BCUT2D eigenvalue weighted by atomic mass is 79.9. The van der Waals surface area contributed by atoms with Crippen LogP contribution in [0.1, 0.15) is 43.2 Å². The van der Waals surface area contributed by atoms with Crippen LogP contribution in [0.5, 0.6) is 0 Å². The van der Waals surface area contributed by atoms with Crippen LogP contribution in [0, 0.1) is 13.8 Å². The molecule has 1 aliphatic carbocycles. The number of hydrogen-bond donors (Lipinski definition) is 1. The van der Waals surface area contributed by atoms with Gasteiger partial charge in [0.1, 0.15) is 0 Å². The molecule has 3 nitrogen and oxygen atoms in total. The van der Waals surface area contributed by atoms with Crippen LogP contribution in [0.25, 0.3) is 0 Å². The molecule has 0 spiro atoms. The summed E-state index contributed by atoms with van der Waals surface area (Å²) in [5.41, 5.74) is 2.74. The lowest BCUT2D eigenvalue weighted by molar-refractivity contribution is 0.486. The highest BCUT2D eigenvalue weighted by Gasteiger charge is 2.28. The number of anilines is 1. The summed E-state index contributed by atoms with van der Waals surface area (Å²) in [4.78, 5) is 0. The standard InChI is InChI=1S/C14H20BrNO2S/c1-10-8-11(2)14(13(15)9-10)16-19(17,18)12-6-4-3-5-7-12/h8-9,12,16H,3-7H2,1-2H3. The highest BCUT2D eigenvalue weighted by Crippen LogP contribution is 2.31. The third-order valence-corrected chi connectivity index (χ3v) is 6.13. The summed E-state index contributed by atoms with van der Waals surface area (Å²) < 4.78 is 28.4. The van der Waals surface area contributed by atoms with Crippen molar-refractivity contribution in [2.75, 3.05) is 4.72 Å². The molecule has 19 heavy (non-hydrogen) atoms. The number of sulfonamides is 1. The minimum atomic E-state index is -3.27. The number of hydrogen-bond acceptors (Lipinski definition) is 2. The Balaban J connectivity index is 2.25. The van der Waals surface area contributed by atoms with Crippen molar-refractivity contribution in [2.45, 2.75) is 51.2 Å². The first-order valence-electron chi connectivity index (χ1n) is 6.68. The van der Waals surface area contributed by atoms with Gasteiger partial charge in [0.2, 0.25) is 10.0 Å². The fourth-order valence-electron chi connectivity index (χ4n) is 2.65. The Hall–Kier alpha value is -0.550. The van der Waals surface area contributed by atoms with Gasteiger partial charge in [0.05, 0.1) is 10.9 Å². The van der Waals surface area contributed by atoms with E-state index in [9.17, 15) is 8.42 Å². The highest BCUT2D eigenvalue weighted by molar-refractivity contribution is 9.10. The molecule has 0 unspecified atom stereocenters. The molecule has 1 aromatic rings. The van der Waals surface area contributed by atoms with Gasteiger partial charge in [-0.05, 0) is 59.8 Å². The van der Waals surface area contributed by atoms with Gasteiger partial charge in [0, 0.05) is 4.47 Å². The smallest absolute Gasteiger partial charge is 0.235 e. The van der Waals surface area contributed by atoms with E-state index in [-0.39, 0.29) is 5.25 Å². The van der Waals surface area contributed by atoms with Crippen molar-refractivity contribution in [2.24, 2.45) is 0 Å². The maximum Gasteiger partial charge on any atom is 0.235 e. The maximum atomic E-state index is 12.4. The van der Waals surface area contributed by atoms with Crippen molar-refractivity contribution < 1.29 is 8.42 Å². The molecule has 0 amide bonds. The van der Waals surface area contributed by atoms with E-state index < -0.39 is 10.0 Å². The van der Waals surface area contributed by atoms with E-state index in [2.05, 4.69) is 20.7 Å². The van der Waals surface area contributed by atoms with Crippen LogP contribution < -0.4 is 4.72 Å². The Morgan fingerprint density at radius 1 is 1.16 bits per heavy atom. The third-order valence-electron chi connectivity index (χ3n) is 3.67. The van der Waals surface area contributed by atoms with Crippen LogP contribution in [0.4, 0.5) is 5.69 Å². The Morgan fingerprint density at radius 2 is 1.79 bits per heavy atom. The van der Waals surface area contributed by atoms with Gasteiger partial charge >= 0.3 is 0 Å². The van der Waals surface area contributed by atoms with E-state index in [0.29, 0.717) is 5.69 Å². The normalized spacial score (nSPS) is 17.4. The first-order valence-corrected chi connectivity index (χ1v) is 9.02. The molecular formula is C14H20BrNO2S. The molecule has 0 heterocycles.